The molecule has 1 unspecified atom stereocenters. The molecule has 1 atom stereocenters. The fourth-order valence-electron chi connectivity index (χ4n) is 2.04. The number of nitrogens with two attached hydrogens (primary N) is 1. The van der Waals surface area contributed by atoms with Gasteiger partial charge in [-0.25, -0.2) is 0 Å². The summed E-state index contributed by atoms with van der Waals surface area (Å²) in [6.45, 7) is 5.45. The van der Waals surface area contributed by atoms with Gasteiger partial charge in [0, 0.05) is 19.5 Å². The summed E-state index contributed by atoms with van der Waals surface area (Å²) < 4.78 is 0. The van der Waals surface area contributed by atoms with Crippen molar-refractivity contribution in [3.63, 3.8) is 0 Å². The first kappa shape index (κ1) is 17.9. The van der Waals surface area contributed by atoms with Crippen LogP contribution in [0.3, 0.4) is 0 Å². The maximum atomic E-state index is 12.1. The molecule has 3 nitrogen and oxygen atoms in total. The van der Waals surface area contributed by atoms with E-state index in [-0.39, 0.29) is 24.4 Å². The summed E-state index contributed by atoms with van der Waals surface area (Å²) in [5, 5.41) is 0. The highest BCUT2D eigenvalue weighted by molar-refractivity contribution is 5.85. The van der Waals surface area contributed by atoms with Crippen molar-refractivity contribution in [1.82, 2.24) is 4.90 Å². The first-order chi connectivity index (χ1) is 8.70. The number of unbranched alkanes of at least 4 members (excludes halogenated alkanes) is 1. The second kappa shape index (κ2) is 9.82. The van der Waals surface area contributed by atoms with Gasteiger partial charge in [0.05, 0.1) is 6.04 Å². The third kappa shape index (κ3) is 5.62. The average Bonchev–Trinajstić information content (AvgIpc) is 2.40. The van der Waals surface area contributed by atoms with Crippen LogP contribution < -0.4 is 5.73 Å². The summed E-state index contributed by atoms with van der Waals surface area (Å²) in [7, 11) is 0. The fourth-order valence-corrected chi connectivity index (χ4v) is 2.04. The molecule has 2 N–H and O–H groups in total. The molecule has 0 fully saturated rings. The number of hydrogen-bond donors (Lipinski definition) is 1. The highest BCUT2D eigenvalue weighted by Crippen LogP contribution is 2.21. The van der Waals surface area contributed by atoms with Crippen molar-refractivity contribution in [3.8, 4) is 0 Å². The van der Waals surface area contributed by atoms with Crippen LogP contribution in [0.1, 0.15) is 44.7 Å². The molecule has 0 saturated carbocycles. The van der Waals surface area contributed by atoms with Crippen LogP contribution in [0.4, 0.5) is 0 Å². The number of carbonyl (C=O) groups excluding carboxylic acids is 1. The monoisotopic (exact) mass is 284 g/mol. The summed E-state index contributed by atoms with van der Waals surface area (Å²) in [6, 6.07) is 10.3. The lowest BCUT2D eigenvalue weighted by Crippen LogP contribution is -2.35. The molecule has 0 radical (unpaired) electrons. The van der Waals surface area contributed by atoms with E-state index in [4.69, 9.17) is 5.73 Å². The molecule has 1 aromatic rings. The summed E-state index contributed by atoms with van der Waals surface area (Å²) >= 11 is 0. The molecule has 4 heteroatoms. The summed E-state index contributed by atoms with van der Waals surface area (Å²) in [6.07, 6.45) is 2.56. The first-order valence-electron chi connectivity index (χ1n) is 6.75. The Morgan fingerprint density at radius 2 is 1.95 bits per heavy atom. The van der Waals surface area contributed by atoms with E-state index >= 15 is 0 Å². The predicted molar refractivity (Wildman–Crippen MR) is 82.4 cm³/mol. The summed E-state index contributed by atoms with van der Waals surface area (Å²) in [4.78, 5) is 14.1. The molecule has 0 aliphatic rings. The van der Waals surface area contributed by atoms with E-state index in [1.165, 1.54) is 5.56 Å². The van der Waals surface area contributed by atoms with Crippen molar-refractivity contribution in [3.05, 3.63) is 35.9 Å². The molecule has 0 saturated heterocycles. The summed E-state index contributed by atoms with van der Waals surface area (Å²) in [5.74, 6) is 0.155. The van der Waals surface area contributed by atoms with Gasteiger partial charge in [0.15, 0.2) is 0 Å². The number of amides is 1. The number of hydrogen-bond acceptors (Lipinski definition) is 2. The van der Waals surface area contributed by atoms with Crippen LogP contribution in [0.25, 0.3) is 0 Å². The maximum absolute atomic E-state index is 12.1. The van der Waals surface area contributed by atoms with E-state index in [9.17, 15) is 4.79 Å². The van der Waals surface area contributed by atoms with Gasteiger partial charge in [0.1, 0.15) is 0 Å². The zero-order valence-corrected chi connectivity index (χ0v) is 12.7. The van der Waals surface area contributed by atoms with Crippen LogP contribution in [-0.2, 0) is 4.79 Å². The van der Waals surface area contributed by atoms with Crippen LogP contribution >= 0.6 is 12.4 Å². The Hall–Kier alpha value is -1.06. The van der Waals surface area contributed by atoms with Gasteiger partial charge in [0.2, 0.25) is 5.91 Å². The molecular weight excluding hydrogens is 260 g/mol. The Balaban J connectivity index is 0.00000324. The minimum atomic E-state index is 0. The zero-order valence-electron chi connectivity index (χ0n) is 11.8. The van der Waals surface area contributed by atoms with E-state index in [1.54, 1.807) is 0 Å². The van der Waals surface area contributed by atoms with Gasteiger partial charge >= 0.3 is 0 Å². The van der Waals surface area contributed by atoms with Gasteiger partial charge in [-0.1, -0.05) is 43.7 Å². The molecule has 0 heterocycles. The minimum Gasteiger partial charge on any atom is -0.336 e. The average molecular weight is 285 g/mol. The third-order valence-electron chi connectivity index (χ3n) is 3.18. The van der Waals surface area contributed by atoms with E-state index in [1.807, 2.05) is 23.1 Å². The van der Waals surface area contributed by atoms with Crippen molar-refractivity contribution in [2.24, 2.45) is 5.73 Å². The number of halogens is 1. The van der Waals surface area contributed by atoms with Crippen molar-refractivity contribution in [2.45, 2.75) is 39.2 Å². The first-order valence-corrected chi connectivity index (χ1v) is 6.75. The molecule has 1 rings (SSSR count). The molecule has 0 aromatic heterocycles. The van der Waals surface area contributed by atoms with Crippen molar-refractivity contribution < 1.29 is 4.79 Å². The molecule has 0 spiro atoms. The highest BCUT2D eigenvalue weighted by Gasteiger charge is 2.19. The Morgan fingerprint density at radius 1 is 1.32 bits per heavy atom. The number of carbonyl (C=O) groups is 1. The van der Waals surface area contributed by atoms with Crippen LogP contribution in [0.15, 0.2) is 30.3 Å². The Kier molecular flexibility index (Phi) is 9.27. The molecule has 0 bridgehead atoms. The molecule has 108 valence electrons. The fraction of sp³-hybridized carbons (Fsp3) is 0.533. The van der Waals surface area contributed by atoms with Crippen molar-refractivity contribution >= 4 is 18.3 Å². The van der Waals surface area contributed by atoms with Crippen LogP contribution in [0, 0.1) is 0 Å². The Bertz CT molecular complexity index is 356. The zero-order chi connectivity index (χ0) is 13.4. The normalized spacial score (nSPS) is 11.5. The molecule has 1 amide bonds. The minimum absolute atomic E-state index is 0. The van der Waals surface area contributed by atoms with Gasteiger partial charge < -0.3 is 10.6 Å². The number of benzene rings is 1. The lowest BCUT2D eigenvalue weighted by molar-refractivity contribution is -0.133. The standard InChI is InChI=1S/C15H24N2O.ClH/c1-3-4-12-17(15(18)10-11-16)13(2)14-8-6-5-7-9-14;/h5-9,13H,3-4,10-12,16H2,1-2H3;1H. The lowest BCUT2D eigenvalue weighted by Gasteiger charge is -2.29. The van der Waals surface area contributed by atoms with Gasteiger partial charge in [-0.05, 0) is 18.9 Å². The smallest absolute Gasteiger partial charge is 0.224 e. The lowest BCUT2D eigenvalue weighted by atomic mass is 10.1. The van der Waals surface area contributed by atoms with Gasteiger partial charge in [0.25, 0.3) is 0 Å². The largest absolute Gasteiger partial charge is 0.336 e. The van der Waals surface area contributed by atoms with Crippen LogP contribution in [0.5, 0.6) is 0 Å². The summed E-state index contributed by atoms with van der Waals surface area (Å²) in [5.41, 5.74) is 6.67. The quantitative estimate of drug-likeness (QED) is 0.836. The van der Waals surface area contributed by atoms with E-state index in [0.717, 1.165) is 19.4 Å². The van der Waals surface area contributed by atoms with Gasteiger partial charge in [-0.15, -0.1) is 12.4 Å². The third-order valence-corrected chi connectivity index (χ3v) is 3.18. The molecule has 1 aromatic carbocycles. The Labute approximate surface area is 122 Å². The SMILES string of the molecule is CCCCN(C(=O)CCN)C(C)c1ccccc1.Cl. The number of nitrogens with zero attached hydrogens (tertiary/aromatic N) is 1. The van der Waals surface area contributed by atoms with E-state index in [2.05, 4.69) is 26.0 Å². The molecule has 19 heavy (non-hydrogen) atoms. The molecular formula is C15H25ClN2O. The second-order valence-electron chi connectivity index (χ2n) is 4.57. The Morgan fingerprint density at radius 3 is 2.47 bits per heavy atom. The molecule has 0 aliphatic heterocycles. The van der Waals surface area contributed by atoms with E-state index in [0.29, 0.717) is 13.0 Å². The van der Waals surface area contributed by atoms with Crippen molar-refractivity contribution in [1.29, 1.82) is 0 Å². The maximum Gasteiger partial charge on any atom is 0.224 e. The van der Waals surface area contributed by atoms with Crippen LogP contribution in [0.2, 0.25) is 0 Å². The van der Waals surface area contributed by atoms with Gasteiger partial charge in [-0.3, -0.25) is 4.79 Å². The molecule has 0 aliphatic carbocycles. The second-order valence-corrected chi connectivity index (χ2v) is 4.57. The van der Waals surface area contributed by atoms with Crippen molar-refractivity contribution in [2.75, 3.05) is 13.1 Å². The van der Waals surface area contributed by atoms with Crippen LogP contribution in [-0.4, -0.2) is 23.9 Å². The highest BCUT2D eigenvalue weighted by atomic mass is 35.5. The van der Waals surface area contributed by atoms with Gasteiger partial charge in [-0.2, -0.15) is 0 Å². The predicted octanol–water partition coefficient (Wildman–Crippen LogP) is 3.15. The van der Waals surface area contributed by atoms with E-state index < -0.39 is 0 Å². The number of rotatable bonds is 7. The topological polar surface area (TPSA) is 46.3 Å².